The lowest BCUT2D eigenvalue weighted by molar-refractivity contribution is 0.0988. The Bertz CT molecular complexity index is 986. The van der Waals surface area contributed by atoms with Crippen molar-refractivity contribution in [2.24, 2.45) is 0 Å². The highest BCUT2D eigenvalue weighted by Gasteiger charge is 2.20. The van der Waals surface area contributed by atoms with E-state index in [4.69, 9.17) is 0 Å². The fourth-order valence-corrected chi connectivity index (χ4v) is 3.02. The van der Waals surface area contributed by atoms with Gasteiger partial charge in [0.2, 0.25) is 0 Å². The van der Waals surface area contributed by atoms with E-state index in [2.05, 4.69) is 4.98 Å². The number of aromatic nitrogens is 1. The lowest BCUT2D eigenvalue weighted by Gasteiger charge is -2.22. The van der Waals surface area contributed by atoms with Crippen LogP contribution in [-0.4, -0.2) is 30.4 Å². The number of amides is 2. The van der Waals surface area contributed by atoms with Crippen molar-refractivity contribution in [2.45, 2.75) is 13.8 Å². The molecule has 0 radical (unpaired) electrons. The molecule has 2 aromatic carbocycles. The van der Waals surface area contributed by atoms with Crippen LogP contribution in [-0.2, 0) is 0 Å². The van der Waals surface area contributed by atoms with Crippen molar-refractivity contribution in [1.29, 1.82) is 0 Å². The Kier molecular flexibility index (Phi) is 5.84. The first-order valence-electron chi connectivity index (χ1n) is 9.19. The van der Waals surface area contributed by atoms with Gasteiger partial charge in [-0.1, -0.05) is 30.3 Å². The third-order valence-electron chi connectivity index (χ3n) is 4.55. The monoisotopic (exact) mass is 373 g/mol. The molecule has 0 atom stereocenters. The lowest BCUT2D eigenvalue weighted by atomic mass is 10.1. The van der Waals surface area contributed by atoms with Crippen LogP contribution in [0, 0.1) is 6.92 Å². The normalized spacial score (nSPS) is 10.4. The van der Waals surface area contributed by atoms with Crippen LogP contribution < -0.4 is 9.80 Å². The number of hydrogen-bond donors (Lipinski definition) is 0. The Morgan fingerprint density at radius 3 is 2.29 bits per heavy atom. The quantitative estimate of drug-likeness (QED) is 0.669. The van der Waals surface area contributed by atoms with Gasteiger partial charge in [-0.3, -0.25) is 14.6 Å². The first kappa shape index (κ1) is 19.3. The summed E-state index contributed by atoms with van der Waals surface area (Å²) in [7, 11) is 1.69. The summed E-state index contributed by atoms with van der Waals surface area (Å²) in [5, 5.41) is 0. The van der Waals surface area contributed by atoms with Crippen LogP contribution in [0.5, 0.6) is 0 Å². The standard InChI is InChI=1S/C23H23N3O2/c1-4-26(20-12-8-9-17(2)15-20)22(27)18-13-14-24-21(16-18)23(28)25(3)19-10-6-5-7-11-19/h5-16H,4H2,1-3H3. The van der Waals surface area contributed by atoms with Crippen LogP contribution in [0.2, 0.25) is 0 Å². The minimum atomic E-state index is -0.264. The van der Waals surface area contributed by atoms with Gasteiger partial charge in [0.15, 0.2) is 0 Å². The number of benzene rings is 2. The Hall–Kier alpha value is -3.47. The molecule has 0 N–H and O–H groups in total. The summed E-state index contributed by atoms with van der Waals surface area (Å²) in [4.78, 5) is 33.3. The van der Waals surface area contributed by atoms with Crippen LogP contribution in [0.25, 0.3) is 0 Å². The number of carbonyl (C=O) groups excluding carboxylic acids is 2. The van der Waals surface area contributed by atoms with Gasteiger partial charge >= 0.3 is 0 Å². The van der Waals surface area contributed by atoms with Crippen LogP contribution in [0.15, 0.2) is 72.9 Å². The van der Waals surface area contributed by atoms with Crippen molar-refractivity contribution >= 4 is 23.2 Å². The van der Waals surface area contributed by atoms with Crippen molar-refractivity contribution in [3.8, 4) is 0 Å². The molecule has 0 fully saturated rings. The van der Waals surface area contributed by atoms with Gasteiger partial charge in [-0.25, -0.2) is 0 Å². The molecule has 2 amide bonds. The van der Waals surface area contributed by atoms with Crippen molar-refractivity contribution in [2.75, 3.05) is 23.4 Å². The molecular weight excluding hydrogens is 350 g/mol. The van der Waals surface area contributed by atoms with E-state index in [1.54, 1.807) is 24.1 Å². The first-order chi connectivity index (χ1) is 13.5. The van der Waals surface area contributed by atoms with Gasteiger partial charge in [0.25, 0.3) is 11.8 Å². The molecule has 28 heavy (non-hydrogen) atoms. The van der Waals surface area contributed by atoms with Gasteiger partial charge in [-0.2, -0.15) is 0 Å². The molecule has 0 saturated carbocycles. The highest BCUT2D eigenvalue weighted by molar-refractivity contribution is 6.09. The van der Waals surface area contributed by atoms with Crippen LogP contribution in [0.3, 0.4) is 0 Å². The summed E-state index contributed by atoms with van der Waals surface area (Å²) in [6.07, 6.45) is 1.50. The molecule has 5 heteroatoms. The SMILES string of the molecule is CCN(C(=O)c1ccnc(C(=O)N(C)c2ccccc2)c1)c1cccc(C)c1. The first-order valence-corrected chi connectivity index (χ1v) is 9.19. The molecule has 0 aliphatic rings. The molecule has 0 spiro atoms. The van der Waals surface area contributed by atoms with Gasteiger partial charge in [-0.05, 0) is 55.8 Å². The smallest absolute Gasteiger partial charge is 0.276 e. The van der Waals surface area contributed by atoms with E-state index in [0.717, 1.165) is 16.9 Å². The molecule has 5 nitrogen and oxygen atoms in total. The van der Waals surface area contributed by atoms with E-state index in [0.29, 0.717) is 12.1 Å². The largest absolute Gasteiger partial charge is 0.310 e. The fraction of sp³-hybridized carbons (Fsp3) is 0.174. The highest BCUT2D eigenvalue weighted by atomic mass is 16.2. The minimum absolute atomic E-state index is 0.160. The van der Waals surface area contributed by atoms with Gasteiger partial charge in [-0.15, -0.1) is 0 Å². The molecule has 3 rings (SSSR count). The van der Waals surface area contributed by atoms with Crippen LogP contribution in [0.4, 0.5) is 11.4 Å². The van der Waals surface area contributed by atoms with Crippen molar-refractivity contribution in [3.63, 3.8) is 0 Å². The lowest BCUT2D eigenvalue weighted by Crippen LogP contribution is -2.31. The Labute approximate surface area is 165 Å². The minimum Gasteiger partial charge on any atom is -0.310 e. The molecule has 0 aliphatic heterocycles. The Balaban J connectivity index is 1.87. The van der Waals surface area contributed by atoms with E-state index >= 15 is 0 Å². The molecule has 0 saturated heterocycles. The van der Waals surface area contributed by atoms with Crippen molar-refractivity contribution in [3.05, 3.63) is 89.7 Å². The molecule has 0 bridgehead atoms. The molecule has 1 aromatic heterocycles. The Morgan fingerprint density at radius 1 is 0.893 bits per heavy atom. The Morgan fingerprint density at radius 2 is 1.61 bits per heavy atom. The van der Waals surface area contributed by atoms with Crippen molar-refractivity contribution in [1.82, 2.24) is 4.98 Å². The zero-order chi connectivity index (χ0) is 20.1. The third kappa shape index (κ3) is 4.09. The average molecular weight is 373 g/mol. The summed E-state index contributed by atoms with van der Waals surface area (Å²) in [6, 6.07) is 20.3. The van der Waals surface area contributed by atoms with E-state index in [9.17, 15) is 9.59 Å². The van der Waals surface area contributed by atoms with Crippen molar-refractivity contribution < 1.29 is 9.59 Å². The fourth-order valence-electron chi connectivity index (χ4n) is 3.02. The zero-order valence-corrected chi connectivity index (χ0v) is 16.3. The zero-order valence-electron chi connectivity index (χ0n) is 16.3. The van der Waals surface area contributed by atoms with Gasteiger partial charge in [0.1, 0.15) is 5.69 Å². The van der Waals surface area contributed by atoms with E-state index in [1.807, 2.05) is 68.4 Å². The number of nitrogens with zero attached hydrogens (tertiary/aromatic N) is 3. The average Bonchev–Trinajstić information content (AvgIpc) is 2.74. The van der Waals surface area contributed by atoms with Gasteiger partial charge < -0.3 is 9.80 Å². The molecule has 0 aliphatic carbocycles. The number of hydrogen-bond acceptors (Lipinski definition) is 3. The number of para-hydroxylation sites is 1. The van der Waals surface area contributed by atoms with E-state index in [1.165, 1.54) is 11.1 Å². The van der Waals surface area contributed by atoms with Crippen LogP contribution >= 0.6 is 0 Å². The van der Waals surface area contributed by atoms with E-state index < -0.39 is 0 Å². The molecule has 1 heterocycles. The second kappa shape index (κ2) is 8.48. The van der Waals surface area contributed by atoms with Gasteiger partial charge in [0, 0.05) is 36.7 Å². The second-order valence-corrected chi connectivity index (χ2v) is 6.52. The summed E-state index contributed by atoms with van der Waals surface area (Å²) >= 11 is 0. The maximum absolute atomic E-state index is 13.1. The number of pyridine rings is 1. The molecule has 3 aromatic rings. The molecular formula is C23H23N3O2. The maximum atomic E-state index is 13.1. The number of aryl methyl sites for hydroxylation is 1. The summed E-state index contributed by atoms with van der Waals surface area (Å²) in [5.74, 6) is -0.425. The third-order valence-corrected chi connectivity index (χ3v) is 4.55. The number of anilines is 2. The number of rotatable bonds is 5. The topological polar surface area (TPSA) is 53.5 Å². The second-order valence-electron chi connectivity index (χ2n) is 6.52. The maximum Gasteiger partial charge on any atom is 0.276 e. The molecule has 0 unspecified atom stereocenters. The molecule has 142 valence electrons. The van der Waals surface area contributed by atoms with Crippen LogP contribution in [0.1, 0.15) is 33.3 Å². The van der Waals surface area contributed by atoms with Gasteiger partial charge in [0.05, 0.1) is 0 Å². The highest BCUT2D eigenvalue weighted by Crippen LogP contribution is 2.20. The predicted molar refractivity (Wildman–Crippen MR) is 112 cm³/mol. The summed E-state index contributed by atoms with van der Waals surface area (Å²) < 4.78 is 0. The summed E-state index contributed by atoms with van der Waals surface area (Å²) in [6.45, 7) is 4.44. The van der Waals surface area contributed by atoms with E-state index in [-0.39, 0.29) is 17.5 Å². The summed E-state index contributed by atoms with van der Waals surface area (Å²) in [5.41, 5.74) is 3.35. The number of carbonyl (C=O) groups is 2. The predicted octanol–water partition coefficient (Wildman–Crippen LogP) is 4.33.